The van der Waals surface area contributed by atoms with Crippen LogP contribution in [0.15, 0.2) is 54.7 Å². The molecule has 5 heterocycles. The fraction of sp³-hybridized carbons (Fsp3) is 0.347. The van der Waals surface area contributed by atoms with Gasteiger partial charge in [-0.2, -0.15) is 5.10 Å². The molecule has 0 saturated heterocycles. The number of carboxylic acid groups (broad SMARTS) is 1. The van der Waals surface area contributed by atoms with E-state index in [0.717, 1.165) is 77.8 Å². The molecule has 1 atom stereocenters. The van der Waals surface area contributed by atoms with Crippen molar-refractivity contribution < 1.29 is 28.9 Å². The fourth-order valence-corrected chi connectivity index (χ4v) is 9.69. The van der Waals surface area contributed by atoms with Crippen LogP contribution in [-0.4, -0.2) is 74.4 Å². The molecule has 1 N–H and O–H groups in total. The summed E-state index contributed by atoms with van der Waals surface area (Å²) in [5.41, 5.74) is 11.6. The summed E-state index contributed by atoms with van der Waals surface area (Å²) < 4.78 is 23.7. The predicted octanol–water partition coefficient (Wildman–Crippen LogP) is 10.6. The molecule has 1 aliphatic rings. The molecular weight excluding hydrogens is 839 g/mol. The summed E-state index contributed by atoms with van der Waals surface area (Å²) in [4.78, 5) is 35.2. The number of aryl methyl sites for hydroxylation is 7. The van der Waals surface area contributed by atoms with Gasteiger partial charge >= 0.3 is 5.97 Å². The number of carboxylic acids is 1. The van der Waals surface area contributed by atoms with Crippen LogP contribution >= 0.6 is 23.2 Å². The number of rotatable bonds is 14. The molecule has 0 bridgehead atoms. The lowest BCUT2D eigenvalue weighted by Crippen LogP contribution is -2.43. The monoisotopic (exact) mass is 890 g/mol. The average Bonchev–Trinajstić information content (AvgIpc) is 3.84. The van der Waals surface area contributed by atoms with E-state index in [4.69, 9.17) is 47.5 Å². The lowest BCUT2D eigenvalue weighted by Gasteiger charge is -2.35. The second kappa shape index (κ2) is 17.4. The minimum atomic E-state index is -1.09. The van der Waals surface area contributed by atoms with Gasteiger partial charge in [0.25, 0.3) is 5.91 Å². The van der Waals surface area contributed by atoms with Crippen LogP contribution in [0.3, 0.4) is 0 Å². The number of fused-ring (bicyclic) bond motifs is 4. The van der Waals surface area contributed by atoms with Gasteiger partial charge in [0.1, 0.15) is 23.8 Å². The van der Waals surface area contributed by atoms with E-state index in [1.807, 2.05) is 100 Å². The number of aromatic carboxylic acids is 1. The summed E-state index contributed by atoms with van der Waals surface area (Å²) in [7, 11) is 3.51. The highest BCUT2D eigenvalue weighted by Gasteiger charge is 2.38. The van der Waals surface area contributed by atoms with E-state index >= 15 is 4.79 Å². The Morgan fingerprint density at radius 2 is 1.60 bits per heavy atom. The lowest BCUT2D eigenvalue weighted by atomic mass is 9.98. The molecule has 14 heteroatoms. The van der Waals surface area contributed by atoms with E-state index in [0.29, 0.717) is 59.1 Å². The zero-order valence-electron chi connectivity index (χ0n) is 37.2. The van der Waals surface area contributed by atoms with Gasteiger partial charge in [-0.05, 0) is 120 Å². The number of hydrogen-bond acceptors (Lipinski definition) is 7. The smallest absolute Gasteiger partial charge is 0.337 e. The number of nitrogens with zero attached hydrogens (tertiary/aromatic N) is 6. The van der Waals surface area contributed by atoms with Crippen LogP contribution in [0, 0.1) is 41.5 Å². The number of carbonyl (C=O) groups excluding carboxylic acids is 1. The molecule has 0 radical (unpaired) electrons. The van der Waals surface area contributed by atoms with Gasteiger partial charge in [-0.1, -0.05) is 29.3 Å². The molecular formula is C49H52Cl2N6O6. The number of carbonyl (C=O) groups is 2. The number of amides is 1. The lowest BCUT2D eigenvalue weighted by molar-refractivity contribution is 0.0698. The maximum Gasteiger partial charge on any atom is 0.337 e. The quantitative estimate of drug-likeness (QED) is 0.107. The third-order valence-corrected chi connectivity index (χ3v) is 13.0. The van der Waals surface area contributed by atoms with Crippen LogP contribution in [0.25, 0.3) is 32.9 Å². The molecule has 4 aromatic heterocycles. The SMILES string of the molecule is COCCOc1cc(N2C[C@@H](C)n3c(c(CCCOc4cc(C)c(Cl)c(C)c4)c4ccc(Cl)c(-c5c(C)nn(C)c5C)c43)C2=O)c2c(c1)c(C(=O)O)cn2Cc1cc(C)cc(C)n1. The number of aromatic nitrogens is 5. The summed E-state index contributed by atoms with van der Waals surface area (Å²) in [6.07, 6.45) is 2.76. The molecule has 7 aromatic rings. The zero-order chi connectivity index (χ0) is 45.0. The molecule has 8 rings (SSSR count). The molecule has 0 aliphatic carbocycles. The van der Waals surface area contributed by atoms with Crippen molar-refractivity contribution in [2.24, 2.45) is 7.05 Å². The maximum atomic E-state index is 15.7. The van der Waals surface area contributed by atoms with Crippen LogP contribution in [0.5, 0.6) is 11.5 Å². The Morgan fingerprint density at radius 3 is 2.27 bits per heavy atom. The van der Waals surface area contributed by atoms with Gasteiger partial charge in [-0.15, -0.1) is 0 Å². The summed E-state index contributed by atoms with van der Waals surface area (Å²) in [5.74, 6) is -0.158. The normalized spacial score (nSPS) is 14.0. The van der Waals surface area contributed by atoms with Crippen molar-refractivity contribution >= 4 is 62.6 Å². The van der Waals surface area contributed by atoms with Gasteiger partial charge in [0.15, 0.2) is 0 Å². The summed E-state index contributed by atoms with van der Waals surface area (Å²) >= 11 is 13.7. The Kier molecular flexibility index (Phi) is 12.1. The highest BCUT2D eigenvalue weighted by atomic mass is 35.5. The second-order valence-electron chi connectivity index (χ2n) is 16.7. The van der Waals surface area contributed by atoms with Gasteiger partial charge in [-0.3, -0.25) is 14.5 Å². The van der Waals surface area contributed by atoms with E-state index < -0.39 is 5.97 Å². The first kappa shape index (κ1) is 43.8. The number of pyridine rings is 1. The van der Waals surface area contributed by atoms with Gasteiger partial charge < -0.3 is 33.4 Å². The number of hydrogen-bond donors (Lipinski definition) is 1. The van der Waals surface area contributed by atoms with Crippen LogP contribution in [0.4, 0.5) is 5.69 Å². The molecule has 0 saturated carbocycles. The molecule has 63 heavy (non-hydrogen) atoms. The van der Waals surface area contributed by atoms with Crippen molar-refractivity contribution in [3.8, 4) is 22.6 Å². The van der Waals surface area contributed by atoms with E-state index in [9.17, 15) is 9.90 Å². The summed E-state index contributed by atoms with van der Waals surface area (Å²) in [6.45, 7) is 15.5. The number of methoxy groups -OCH3 is 1. The molecule has 12 nitrogen and oxygen atoms in total. The fourth-order valence-electron chi connectivity index (χ4n) is 9.34. The van der Waals surface area contributed by atoms with Crippen molar-refractivity contribution in [1.29, 1.82) is 0 Å². The highest BCUT2D eigenvalue weighted by molar-refractivity contribution is 6.35. The maximum absolute atomic E-state index is 15.7. The Labute approximate surface area is 376 Å². The third kappa shape index (κ3) is 8.04. The second-order valence-corrected chi connectivity index (χ2v) is 17.5. The zero-order valence-corrected chi connectivity index (χ0v) is 38.7. The van der Waals surface area contributed by atoms with E-state index in [1.165, 1.54) is 0 Å². The van der Waals surface area contributed by atoms with Crippen molar-refractivity contribution in [1.82, 2.24) is 23.9 Å². The molecule has 0 spiro atoms. The number of benzene rings is 3. The standard InChI is InChI=1S/C49H52Cl2N6O6/c1-26-17-29(4)52-33(18-26)24-55-25-39(49(59)60)38-21-35(63-16-15-61-9)22-41(45(38)55)56-23-30(5)57-46-37(12-13-40(50)43(46)42-31(6)53-54(8)32(42)7)36(47(57)48(56)58)11-10-14-62-34-19-27(2)44(51)28(3)20-34/h12-13,17-22,25,30H,10-11,14-16,23-24H2,1-9H3,(H,59,60)/t30-/m1/s1. The van der Waals surface area contributed by atoms with Gasteiger partial charge in [0, 0.05) is 77.3 Å². The molecule has 3 aromatic carbocycles. The largest absolute Gasteiger partial charge is 0.494 e. The Morgan fingerprint density at radius 1 is 0.889 bits per heavy atom. The van der Waals surface area contributed by atoms with Crippen molar-refractivity contribution in [3.63, 3.8) is 0 Å². The van der Waals surface area contributed by atoms with Gasteiger partial charge in [0.2, 0.25) is 0 Å². The Bertz CT molecular complexity index is 2920. The topological polar surface area (TPSA) is 126 Å². The minimum Gasteiger partial charge on any atom is -0.494 e. The predicted molar refractivity (Wildman–Crippen MR) is 249 cm³/mol. The van der Waals surface area contributed by atoms with Crippen LogP contribution in [0.2, 0.25) is 10.0 Å². The number of ether oxygens (including phenoxy) is 3. The Hall–Kier alpha value is -5.82. The van der Waals surface area contributed by atoms with Gasteiger partial charge in [-0.25, -0.2) is 4.79 Å². The van der Waals surface area contributed by atoms with E-state index in [2.05, 4.69) is 11.5 Å². The van der Waals surface area contributed by atoms with Crippen LogP contribution in [0.1, 0.15) is 85.3 Å². The van der Waals surface area contributed by atoms with Crippen LogP contribution in [-0.2, 0) is 24.8 Å². The molecule has 0 unspecified atom stereocenters. The first-order valence-corrected chi connectivity index (χ1v) is 21.9. The summed E-state index contributed by atoms with van der Waals surface area (Å²) in [6, 6.07) is 15.1. The van der Waals surface area contributed by atoms with Crippen molar-refractivity contribution in [3.05, 3.63) is 121 Å². The van der Waals surface area contributed by atoms with Crippen molar-refractivity contribution in [2.45, 2.75) is 73.9 Å². The molecule has 328 valence electrons. The molecule has 0 fully saturated rings. The van der Waals surface area contributed by atoms with E-state index in [1.54, 1.807) is 24.3 Å². The number of anilines is 1. The van der Waals surface area contributed by atoms with Crippen LogP contribution < -0.4 is 14.4 Å². The van der Waals surface area contributed by atoms with Gasteiger partial charge in [0.05, 0.1) is 58.5 Å². The first-order valence-electron chi connectivity index (χ1n) is 21.1. The third-order valence-electron chi connectivity index (χ3n) is 12.1. The van der Waals surface area contributed by atoms with E-state index in [-0.39, 0.29) is 37.2 Å². The highest BCUT2D eigenvalue weighted by Crippen LogP contribution is 2.46. The minimum absolute atomic E-state index is 0.0905. The molecule has 1 amide bonds. The number of halogens is 2. The Balaban J connectivity index is 1.31. The summed E-state index contributed by atoms with van der Waals surface area (Å²) in [5, 5.41) is 18.0. The van der Waals surface area contributed by atoms with Crippen molar-refractivity contribution in [2.75, 3.05) is 38.4 Å². The average molecular weight is 892 g/mol. The first-order chi connectivity index (χ1) is 30.1. The molecule has 1 aliphatic heterocycles.